The molecule has 0 spiro atoms. The number of carbonyl (C=O) groups excluding carboxylic acids is 1. The van der Waals surface area contributed by atoms with Crippen molar-refractivity contribution < 1.29 is 9.18 Å². The number of benzene rings is 1. The Morgan fingerprint density at radius 1 is 1.48 bits per heavy atom. The number of thioether (sulfide) groups is 1. The third-order valence-corrected chi connectivity index (χ3v) is 4.22. The van der Waals surface area contributed by atoms with Crippen molar-refractivity contribution in [1.82, 2.24) is 9.55 Å². The molecule has 2 rings (SSSR count). The standard InChI is InChI=1S/C16H17FN4OS/c1-2-20-11-9-19-16(20)23-12-15(22)21(10-5-8-18)14-7-4-3-6-13(14)17/h3-4,6-7,9,11H,2,5,10,12H2,1H3. The van der Waals surface area contributed by atoms with Gasteiger partial charge in [0.25, 0.3) is 0 Å². The highest BCUT2D eigenvalue weighted by atomic mass is 32.2. The predicted octanol–water partition coefficient (Wildman–Crippen LogP) is 3.08. The number of halogens is 1. The average molecular weight is 332 g/mol. The van der Waals surface area contributed by atoms with Gasteiger partial charge in [-0.15, -0.1) is 0 Å². The summed E-state index contributed by atoms with van der Waals surface area (Å²) in [4.78, 5) is 18.0. The van der Waals surface area contributed by atoms with Crippen LogP contribution in [-0.2, 0) is 11.3 Å². The number of carbonyl (C=O) groups is 1. The molecule has 0 aliphatic rings. The largest absolute Gasteiger partial charge is 0.326 e. The number of hydrogen-bond donors (Lipinski definition) is 0. The second-order valence-corrected chi connectivity index (χ2v) is 5.63. The monoisotopic (exact) mass is 332 g/mol. The third-order valence-electron chi connectivity index (χ3n) is 3.23. The predicted molar refractivity (Wildman–Crippen MR) is 87.6 cm³/mol. The second-order valence-electron chi connectivity index (χ2n) is 4.69. The van der Waals surface area contributed by atoms with Gasteiger partial charge in [0, 0.05) is 25.5 Å². The van der Waals surface area contributed by atoms with Crippen molar-refractivity contribution in [1.29, 1.82) is 5.26 Å². The lowest BCUT2D eigenvalue weighted by atomic mass is 10.2. The average Bonchev–Trinajstić information content (AvgIpc) is 3.02. The van der Waals surface area contributed by atoms with E-state index in [1.54, 1.807) is 24.4 Å². The lowest BCUT2D eigenvalue weighted by Gasteiger charge is -2.22. The smallest absolute Gasteiger partial charge is 0.237 e. The summed E-state index contributed by atoms with van der Waals surface area (Å²) >= 11 is 1.30. The van der Waals surface area contributed by atoms with Crippen LogP contribution in [0.5, 0.6) is 0 Å². The molecule has 0 unspecified atom stereocenters. The first-order valence-electron chi connectivity index (χ1n) is 7.23. The maximum Gasteiger partial charge on any atom is 0.237 e. The Morgan fingerprint density at radius 3 is 2.96 bits per heavy atom. The van der Waals surface area contributed by atoms with Gasteiger partial charge in [-0.2, -0.15) is 5.26 Å². The van der Waals surface area contributed by atoms with Gasteiger partial charge in [0.1, 0.15) is 5.82 Å². The summed E-state index contributed by atoms with van der Waals surface area (Å²) in [6, 6.07) is 8.08. The van der Waals surface area contributed by atoms with Gasteiger partial charge >= 0.3 is 0 Å². The Labute approximate surface area is 138 Å². The number of imidazole rings is 1. The van der Waals surface area contributed by atoms with E-state index in [0.29, 0.717) is 0 Å². The van der Waals surface area contributed by atoms with Crippen LogP contribution in [0.15, 0.2) is 41.8 Å². The van der Waals surface area contributed by atoms with Crippen LogP contribution in [0.3, 0.4) is 0 Å². The Morgan fingerprint density at radius 2 is 2.26 bits per heavy atom. The molecular weight excluding hydrogens is 315 g/mol. The maximum atomic E-state index is 14.0. The number of amides is 1. The zero-order valence-electron chi connectivity index (χ0n) is 12.8. The number of aromatic nitrogens is 2. The fourth-order valence-electron chi connectivity index (χ4n) is 2.09. The second kappa shape index (κ2) is 8.34. The van der Waals surface area contributed by atoms with Crippen LogP contribution in [0.4, 0.5) is 10.1 Å². The molecule has 0 N–H and O–H groups in total. The van der Waals surface area contributed by atoms with Gasteiger partial charge in [0.05, 0.1) is 23.9 Å². The topological polar surface area (TPSA) is 61.9 Å². The number of hydrogen-bond acceptors (Lipinski definition) is 4. The van der Waals surface area contributed by atoms with Crippen LogP contribution >= 0.6 is 11.8 Å². The van der Waals surface area contributed by atoms with Gasteiger partial charge in [-0.3, -0.25) is 4.79 Å². The van der Waals surface area contributed by atoms with Crippen molar-refractivity contribution >= 4 is 23.4 Å². The summed E-state index contributed by atoms with van der Waals surface area (Å²) < 4.78 is 15.9. The van der Waals surface area contributed by atoms with Crippen LogP contribution in [0, 0.1) is 17.1 Å². The Kier molecular flexibility index (Phi) is 6.18. The van der Waals surface area contributed by atoms with Crippen molar-refractivity contribution in [3.8, 4) is 6.07 Å². The van der Waals surface area contributed by atoms with Crippen LogP contribution in [0.1, 0.15) is 13.3 Å². The highest BCUT2D eigenvalue weighted by Gasteiger charge is 2.19. The molecule has 2 aromatic rings. The molecule has 0 radical (unpaired) electrons. The molecule has 0 saturated carbocycles. The normalized spacial score (nSPS) is 10.3. The number of anilines is 1. The van der Waals surface area contributed by atoms with Crippen molar-refractivity contribution in [3.05, 3.63) is 42.5 Å². The van der Waals surface area contributed by atoms with Crippen molar-refractivity contribution in [3.63, 3.8) is 0 Å². The van der Waals surface area contributed by atoms with Crippen LogP contribution in [0.25, 0.3) is 0 Å². The van der Waals surface area contributed by atoms with E-state index in [4.69, 9.17) is 5.26 Å². The lowest BCUT2D eigenvalue weighted by molar-refractivity contribution is -0.116. The van der Waals surface area contributed by atoms with Crippen molar-refractivity contribution in [2.75, 3.05) is 17.2 Å². The Bertz CT molecular complexity index is 710. The van der Waals surface area contributed by atoms with E-state index >= 15 is 0 Å². The fraction of sp³-hybridized carbons (Fsp3) is 0.312. The SMILES string of the molecule is CCn1ccnc1SCC(=O)N(CCC#N)c1ccccc1F. The van der Waals surface area contributed by atoms with E-state index in [0.717, 1.165) is 11.7 Å². The van der Waals surface area contributed by atoms with E-state index in [1.165, 1.54) is 22.7 Å². The minimum atomic E-state index is -0.473. The minimum Gasteiger partial charge on any atom is -0.326 e. The highest BCUT2D eigenvalue weighted by Crippen LogP contribution is 2.22. The molecule has 5 nitrogen and oxygen atoms in total. The summed E-state index contributed by atoms with van der Waals surface area (Å²) in [6.45, 7) is 2.92. The van der Waals surface area contributed by atoms with E-state index in [1.807, 2.05) is 23.8 Å². The molecule has 0 bridgehead atoms. The number of rotatable bonds is 7. The molecule has 1 aromatic carbocycles. The number of nitriles is 1. The fourth-order valence-corrected chi connectivity index (χ4v) is 2.99. The molecular formula is C16H17FN4OS. The summed E-state index contributed by atoms with van der Waals surface area (Å²) in [6.07, 6.45) is 3.67. The molecule has 23 heavy (non-hydrogen) atoms. The van der Waals surface area contributed by atoms with Crippen molar-refractivity contribution in [2.45, 2.75) is 25.0 Å². The Hall–Kier alpha value is -2.33. The van der Waals surface area contributed by atoms with Crippen molar-refractivity contribution in [2.24, 2.45) is 0 Å². The van der Waals surface area contributed by atoms with E-state index in [9.17, 15) is 9.18 Å². The summed E-state index contributed by atoms with van der Waals surface area (Å²) in [5, 5.41) is 9.51. The third kappa shape index (κ3) is 4.33. The molecule has 1 heterocycles. The number of aryl methyl sites for hydroxylation is 1. The van der Waals surface area contributed by atoms with Crippen LogP contribution in [0.2, 0.25) is 0 Å². The zero-order chi connectivity index (χ0) is 16.7. The lowest BCUT2D eigenvalue weighted by Crippen LogP contribution is -2.34. The molecule has 0 aliphatic carbocycles. The minimum absolute atomic E-state index is 0.136. The van der Waals surface area contributed by atoms with E-state index in [2.05, 4.69) is 4.98 Å². The summed E-state index contributed by atoms with van der Waals surface area (Å²) in [5.41, 5.74) is 0.201. The van der Waals surface area contributed by atoms with Crippen LogP contribution in [-0.4, -0.2) is 27.8 Å². The Balaban J connectivity index is 2.11. The molecule has 0 atom stereocenters. The van der Waals surface area contributed by atoms with E-state index in [-0.39, 0.29) is 30.3 Å². The summed E-state index contributed by atoms with van der Waals surface area (Å²) in [5.74, 6) is -0.587. The number of para-hydroxylation sites is 1. The maximum absolute atomic E-state index is 14.0. The van der Waals surface area contributed by atoms with Gasteiger partial charge in [0.2, 0.25) is 5.91 Å². The van der Waals surface area contributed by atoms with Crippen LogP contribution < -0.4 is 4.90 Å². The molecule has 1 amide bonds. The summed E-state index contributed by atoms with van der Waals surface area (Å²) in [7, 11) is 0. The highest BCUT2D eigenvalue weighted by molar-refractivity contribution is 7.99. The van der Waals surface area contributed by atoms with Gasteiger partial charge < -0.3 is 9.47 Å². The van der Waals surface area contributed by atoms with Gasteiger partial charge in [-0.05, 0) is 19.1 Å². The first-order valence-corrected chi connectivity index (χ1v) is 8.21. The van der Waals surface area contributed by atoms with Gasteiger partial charge in [-0.25, -0.2) is 9.37 Å². The quantitative estimate of drug-likeness (QED) is 0.731. The molecule has 120 valence electrons. The molecule has 1 aromatic heterocycles. The van der Waals surface area contributed by atoms with Gasteiger partial charge in [0.15, 0.2) is 5.16 Å². The molecule has 0 aliphatic heterocycles. The molecule has 0 fully saturated rings. The molecule has 7 heteroatoms. The first-order chi connectivity index (χ1) is 11.2. The van der Waals surface area contributed by atoms with Gasteiger partial charge in [-0.1, -0.05) is 23.9 Å². The van der Waals surface area contributed by atoms with E-state index < -0.39 is 5.82 Å². The number of nitrogens with zero attached hydrogens (tertiary/aromatic N) is 4. The molecule has 0 saturated heterocycles. The first kappa shape index (κ1) is 17.0. The zero-order valence-corrected chi connectivity index (χ0v) is 13.6.